The molecule has 3 heterocycles. The summed E-state index contributed by atoms with van der Waals surface area (Å²) in [6.45, 7) is 6.93. The minimum absolute atomic E-state index is 0.101. The molecule has 2 fully saturated rings. The highest BCUT2D eigenvalue weighted by molar-refractivity contribution is 5.92. The van der Waals surface area contributed by atoms with Crippen LogP contribution in [0.2, 0.25) is 0 Å². The number of benzene rings is 1. The van der Waals surface area contributed by atoms with Crippen LogP contribution in [0.25, 0.3) is 11.0 Å². The Hall–Kier alpha value is -3.77. The van der Waals surface area contributed by atoms with E-state index >= 15 is 8.78 Å². The van der Waals surface area contributed by atoms with E-state index in [1.807, 2.05) is 0 Å². The second-order valence-electron chi connectivity index (χ2n) is 14.3. The predicted octanol–water partition coefficient (Wildman–Crippen LogP) is 5.47. The lowest BCUT2D eigenvalue weighted by molar-refractivity contribution is -0.141. The number of alkyl carbamates (subject to hydrolysis) is 1. The van der Waals surface area contributed by atoms with Gasteiger partial charge in [0.25, 0.3) is 5.92 Å². The first-order valence-electron chi connectivity index (χ1n) is 16.7. The Bertz CT molecular complexity index is 1480. The van der Waals surface area contributed by atoms with Gasteiger partial charge in [-0.1, -0.05) is 47.0 Å². The number of halogens is 2. The highest BCUT2D eigenvalue weighted by Crippen LogP contribution is 2.41. The molecule has 6 atom stereocenters. The topological polar surface area (TPSA) is 146 Å². The van der Waals surface area contributed by atoms with Crippen LogP contribution in [0.1, 0.15) is 91.2 Å². The molecule has 1 aliphatic carbocycles. The normalized spacial score (nSPS) is 29.2. The minimum atomic E-state index is -3.37. The summed E-state index contributed by atoms with van der Waals surface area (Å²) in [6, 6.07) is 2.58. The number of amides is 3. The molecule has 0 unspecified atom stereocenters. The lowest BCUT2D eigenvalue weighted by Crippen LogP contribution is -2.58. The van der Waals surface area contributed by atoms with Crippen LogP contribution in [-0.4, -0.2) is 70.7 Å². The molecule has 1 saturated heterocycles. The van der Waals surface area contributed by atoms with Gasteiger partial charge in [-0.3, -0.25) is 9.59 Å². The number of fused-ring (bicyclic) bond motifs is 5. The van der Waals surface area contributed by atoms with E-state index in [0.717, 1.165) is 25.7 Å². The number of nitrogens with one attached hydrogen (secondary N) is 1. The zero-order valence-electron chi connectivity index (χ0n) is 27.9. The Balaban J connectivity index is 1.56. The highest BCUT2D eigenvalue weighted by atomic mass is 19.3. The Morgan fingerprint density at radius 3 is 2.40 bits per heavy atom. The Labute approximate surface area is 274 Å². The van der Waals surface area contributed by atoms with E-state index in [0.29, 0.717) is 30.5 Å². The Morgan fingerprint density at radius 1 is 1.02 bits per heavy atom. The molecule has 0 radical (unpaired) electrons. The summed E-state index contributed by atoms with van der Waals surface area (Å²) in [5, 5.41) is 2.79. The maximum Gasteiger partial charge on any atom is 0.408 e. The zero-order valence-corrected chi connectivity index (χ0v) is 27.9. The molecule has 5 rings (SSSR count). The number of carbonyl (C=O) groups excluding carboxylic acids is 3. The van der Waals surface area contributed by atoms with Gasteiger partial charge in [-0.05, 0) is 55.6 Å². The van der Waals surface area contributed by atoms with Gasteiger partial charge in [0.1, 0.15) is 30.0 Å². The predicted molar refractivity (Wildman–Crippen MR) is 170 cm³/mol. The summed E-state index contributed by atoms with van der Waals surface area (Å²) in [4.78, 5) is 50.4. The molecule has 13 heteroatoms. The van der Waals surface area contributed by atoms with Gasteiger partial charge >= 0.3 is 6.09 Å². The smallest absolute Gasteiger partial charge is 0.408 e. The first-order chi connectivity index (χ1) is 22.2. The number of aromatic nitrogens is 2. The number of hydrogen-bond acceptors (Lipinski definition) is 8. The van der Waals surface area contributed by atoms with E-state index in [4.69, 9.17) is 19.9 Å². The minimum Gasteiger partial charge on any atom is -0.497 e. The fourth-order valence-corrected chi connectivity index (χ4v) is 7.17. The van der Waals surface area contributed by atoms with Gasteiger partial charge in [0.2, 0.25) is 17.7 Å². The largest absolute Gasteiger partial charge is 0.497 e. The number of rotatable bonds is 2. The molecule has 47 heavy (non-hydrogen) atoms. The van der Waals surface area contributed by atoms with Crippen molar-refractivity contribution in [1.29, 1.82) is 0 Å². The number of hydrogen-bond donors (Lipinski definition) is 2. The highest BCUT2D eigenvalue weighted by Gasteiger charge is 2.50. The van der Waals surface area contributed by atoms with Crippen molar-refractivity contribution < 1.29 is 37.4 Å². The second kappa shape index (κ2) is 13.8. The van der Waals surface area contributed by atoms with E-state index < -0.39 is 65.5 Å². The van der Waals surface area contributed by atoms with Crippen LogP contribution in [0.3, 0.4) is 0 Å². The van der Waals surface area contributed by atoms with Crippen molar-refractivity contribution in [2.45, 2.75) is 116 Å². The standard InChI is InChI=1S/C34H47F2N5O6/c1-19-25-18-41(26(19)29(37)42)31(43)28(33(2,3)4)40-32(44)47-24-13-9-8-12-20(24)11-7-6-10-16-34(35,36)27-30(46-25)39-23-17-21(45-5)14-15-22(23)38-27/h14-15,17,19-20,24-26,28H,6-13,16,18H2,1-5H3,(H2,37,42)(H,40,44)/t19-,20-,24-,25+,26+,28-/m1/s1. The number of primary amides is 1. The van der Waals surface area contributed by atoms with Gasteiger partial charge in [0, 0.05) is 18.4 Å². The molecule has 3 amide bonds. The molecule has 1 saturated carbocycles. The van der Waals surface area contributed by atoms with Crippen molar-refractivity contribution in [1.82, 2.24) is 20.2 Å². The Morgan fingerprint density at radius 2 is 1.72 bits per heavy atom. The summed E-state index contributed by atoms with van der Waals surface area (Å²) in [6.07, 6.45) is 3.33. The number of methoxy groups -OCH3 is 1. The SMILES string of the molecule is COc1ccc2nc3c(nc2c1)O[C@H]1CN(C(=O)[C@H](C(C)(C)C)NC(=O)O[C@@H]2CCCC[C@H]2CCCCCC3(F)F)[C@H](C(N)=O)[C@@H]1C. The van der Waals surface area contributed by atoms with Crippen LogP contribution in [-0.2, 0) is 20.2 Å². The van der Waals surface area contributed by atoms with Crippen molar-refractivity contribution in [3.63, 3.8) is 0 Å². The summed E-state index contributed by atoms with van der Waals surface area (Å²) in [5.41, 5.74) is 5.00. The quantitative estimate of drug-likeness (QED) is 0.432. The summed E-state index contributed by atoms with van der Waals surface area (Å²) >= 11 is 0. The van der Waals surface area contributed by atoms with Crippen LogP contribution in [0.15, 0.2) is 18.2 Å². The lowest BCUT2D eigenvalue weighted by Gasteiger charge is -2.36. The van der Waals surface area contributed by atoms with Gasteiger partial charge < -0.3 is 30.2 Å². The van der Waals surface area contributed by atoms with Crippen molar-refractivity contribution >= 4 is 28.9 Å². The molecule has 258 valence electrons. The molecule has 0 spiro atoms. The van der Waals surface area contributed by atoms with E-state index in [9.17, 15) is 14.4 Å². The van der Waals surface area contributed by atoms with Gasteiger partial charge in [-0.2, -0.15) is 8.78 Å². The fourth-order valence-electron chi connectivity index (χ4n) is 7.17. The molecule has 3 aliphatic rings. The maximum atomic E-state index is 16.0. The number of nitrogens with two attached hydrogens (primary N) is 1. The van der Waals surface area contributed by atoms with Crippen molar-refractivity contribution in [2.75, 3.05) is 13.7 Å². The lowest BCUT2D eigenvalue weighted by atomic mass is 9.83. The summed E-state index contributed by atoms with van der Waals surface area (Å²) in [5.74, 6) is -5.20. The third-order valence-corrected chi connectivity index (χ3v) is 9.86. The van der Waals surface area contributed by atoms with Crippen LogP contribution in [0.4, 0.5) is 13.6 Å². The summed E-state index contributed by atoms with van der Waals surface area (Å²) in [7, 11) is 1.49. The third kappa shape index (κ3) is 7.54. The molecule has 2 aliphatic heterocycles. The third-order valence-electron chi connectivity index (χ3n) is 9.86. The van der Waals surface area contributed by atoms with E-state index in [1.165, 1.54) is 12.0 Å². The molecule has 3 N–H and O–H groups in total. The van der Waals surface area contributed by atoms with Crippen molar-refractivity contribution in [2.24, 2.45) is 23.0 Å². The molecule has 2 bridgehead atoms. The van der Waals surface area contributed by atoms with Gasteiger partial charge in [0.15, 0.2) is 5.69 Å². The molecule has 11 nitrogen and oxygen atoms in total. The molecule has 2 aromatic rings. The van der Waals surface area contributed by atoms with Crippen molar-refractivity contribution in [3.8, 4) is 11.6 Å². The van der Waals surface area contributed by atoms with Crippen molar-refractivity contribution in [3.05, 3.63) is 23.9 Å². The Kier molecular flexibility index (Phi) is 10.1. The first-order valence-corrected chi connectivity index (χ1v) is 16.7. The summed E-state index contributed by atoms with van der Waals surface area (Å²) < 4.78 is 49.5. The average Bonchev–Trinajstić information content (AvgIpc) is 3.34. The number of nitrogens with zero attached hydrogens (tertiary/aromatic N) is 3. The van der Waals surface area contributed by atoms with Gasteiger partial charge in [-0.15, -0.1) is 0 Å². The average molecular weight is 660 g/mol. The number of carbonyl (C=O) groups is 3. The monoisotopic (exact) mass is 659 g/mol. The first kappa shape index (κ1) is 34.6. The van der Waals surface area contributed by atoms with Crippen LogP contribution >= 0.6 is 0 Å². The molecule has 1 aromatic heterocycles. The van der Waals surface area contributed by atoms with E-state index in [-0.39, 0.29) is 36.4 Å². The van der Waals surface area contributed by atoms with E-state index in [1.54, 1.807) is 45.9 Å². The molecular formula is C34H47F2N5O6. The fraction of sp³-hybridized carbons (Fsp3) is 0.676. The molecular weight excluding hydrogens is 612 g/mol. The van der Waals surface area contributed by atoms with Crippen LogP contribution in [0, 0.1) is 17.3 Å². The van der Waals surface area contributed by atoms with Gasteiger partial charge in [-0.25, -0.2) is 14.8 Å². The van der Waals surface area contributed by atoms with E-state index in [2.05, 4.69) is 15.3 Å². The van der Waals surface area contributed by atoms with Crippen LogP contribution in [0.5, 0.6) is 11.6 Å². The maximum absolute atomic E-state index is 16.0. The molecule has 1 aromatic carbocycles. The van der Waals surface area contributed by atoms with Crippen LogP contribution < -0.4 is 20.5 Å². The zero-order chi connectivity index (χ0) is 34.1. The number of alkyl halides is 2. The second-order valence-corrected chi connectivity index (χ2v) is 14.3. The van der Waals surface area contributed by atoms with Gasteiger partial charge in [0.05, 0.1) is 24.7 Å². The number of ether oxygens (including phenoxy) is 3.